The first-order valence-corrected chi connectivity index (χ1v) is 10.8. The monoisotopic (exact) mass is 477 g/mol. The lowest BCUT2D eigenvalue weighted by atomic mass is 10.2. The fraction of sp³-hybridized carbons (Fsp3) is 0.192. The Bertz CT molecular complexity index is 1200. The zero-order chi connectivity index (χ0) is 25.2. The van der Waals surface area contributed by atoms with Crippen LogP contribution in [0.25, 0.3) is 0 Å². The van der Waals surface area contributed by atoms with E-state index in [4.69, 9.17) is 14.2 Å². The number of hydrogen-bond acceptors (Lipinski definition) is 6. The molecule has 0 saturated carbocycles. The molecule has 0 heterocycles. The minimum atomic E-state index is -0.336. The third-order valence-electron chi connectivity index (χ3n) is 5.05. The van der Waals surface area contributed by atoms with Gasteiger partial charge in [-0.05, 0) is 30.3 Å². The second-order valence-corrected chi connectivity index (χ2v) is 7.36. The van der Waals surface area contributed by atoms with Crippen LogP contribution in [0.4, 0.5) is 11.4 Å². The number of nitrogens with one attached hydrogen (secondary N) is 3. The Kier molecular flexibility index (Phi) is 8.66. The molecule has 3 N–H and O–H groups in total. The van der Waals surface area contributed by atoms with Gasteiger partial charge in [0.1, 0.15) is 17.2 Å². The molecule has 0 aliphatic heterocycles. The van der Waals surface area contributed by atoms with Crippen molar-refractivity contribution in [2.75, 3.05) is 38.5 Å². The van der Waals surface area contributed by atoms with E-state index in [1.807, 2.05) is 6.07 Å². The number of carbonyl (C=O) groups excluding carboxylic acids is 3. The fourth-order valence-corrected chi connectivity index (χ4v) is 3.25. The lowest BCUT2D eigenvalue weighted by Crippen LogP contribution is -2.27. The van der Waals surface area contributed by atoms with Gasteiger partial charge in [-0.2, -0.15) is 0 Å². The Balaban J connectivity index is 1.62. The summed E-state index contributed by atoms with van der Waals surface area (Å²) in [6.45, 7) is 0.131. The summed E-state index contributed by atoms with van der Waals surface area (Å²) in [4.78, 5) is 37.3. The van der Waals surface area contributed by atoms with E-state index in [9.17, 15) is 14.4 Å². The topological polar surface area (TPSA) is 115 Å². The second-order valence-electron chi connectivity index (χ2n) is 7.36. The van der Waals surface area contributed by atoms with Crippen molar-refractivity contribution in [3.8, 4) is 17.2 Å². The lowest BCUT2D eigenvalue weighted by Gasteiger charge is -2.16. The molecule has 0 aliphatic carbocycles. The SMILES string of the molecule is COc1cccc(C(=O)NCCC(=O)Nc2cc(OC)c(NC(=O)c3ccccc3)cc2OC)c1. The Morgan fingerprint density at radius 1 is 0.686 bits per heavy atom. The van der Waals surface area contributed by atoms with E-state index in [2.05, 4.69) is 16.0 Å². The molecule has 0 aliphatic rings. The normalized spacial score (nSPS) is 10.1. The highest BCUT2D eigenvalue weighted by atomic mass is 16.5. The van der Waals surface area contributed by atoms with Gasteiger partial charge in [-0.25, -0.2) is 0 Å². The molecule has 0 spiro atoms. The molecular formula is C26H27N3O6. The van der Waals surface area contributed by atoms with Gasteiger partial charge in [-0.1, -0.05) is 24.3 Å². The summed E-state index contributed by atoms with van der Waals surface area (Å²) in [6, 6.07) is 18.6. The molecule has 0 radical (unpaired) electrons. The average molecular weight is 478 g/mol. The molecule has 9 nitrogen and oxygen atoms in total. The van der Waals surface area contributed by atoms with Crippen molar-refractivity contribution in [3.63, 3.8) is 0 Å². The number of rotatable bonds is 10. The van der Waals surface area contributed by atoms with Gasteiger partial charge in [0.15, 0.2) is 0 Å². The molecule has 0 aromatic heterocycles. The summed E-state index contributed by atoms with van der Waals surface area (Å²) >= 11 is 0. The summed E-state index contributed by atoms with van der Waals surface area (Å²) in [7, 11) is 4.43. The van der Waals surface area contributed by atoms with E-state index < -0.39 is 0 Å². The summed E-state index contributed by atoms with van der Waals surface area (Å²) in [5.74, 6) is 0.292. The Hall–Kier alpha value is -4.53. The molecule has 0 bridgehead atoms. The average Bonchev–Trinajstić information content (AvgIpc) is 2.89. The van der Waals surface area contributed by atoms with E-state index >= 15 is 0 Å². The molecular weight excluding hydrogens is 450 g/mol. The van der Waals surface area contributed by atoms with E-state index in [0.29, 0.717) is 39.8 Å². The van der Waals surface area contributed by atoms with E-state index in [1.165, 1.54) is 21.3 Å². The molecule has 0 atom stereocenters. The number of carbonyl (C=O) groups is 3. The maximum absolute atomic E-state index is 12.5. The molecule has 3 aromatic rings. The van der Waals surface area contributed by atoms with Gasteiger partial charge >= 0.3 is 0 Å². The molecule has 35 heavy (non-hydrogen) atoms. The van der Waals surface area contributed by atoms with E-state index in [0.717, 1.165) is 0 Å². The molecule has 182 valence electrons. The van der Waals surface area contributed by atoms with E-state index in [1.54, 1.807) is 60.7 Å². The van der Waals surface area contributed by atoms with Crippen molar-refractivity contribution in [1.29, 1.82) is 0 Å². The minimum absolute atomic E-state index is 0.0354. The molecule has 3 amide bonds. The molecule has 0 unspecified atom stereocenters. The van der Waals surface area contributed by atoms with Gasteiger partial charge in [0.2, 0.25) is 5.91 Å². The Labute approximate surface area is 203 Å². The van der Waals surface area contributed by atoms with Gasteiger partial charge in [0.25, 0.3) is 11.8 Å². The van der Waals surface area contributed by atoms with Crippen molar-refractivity contribution in [1.82, 2.24) is 5.32 Å². The van der Waals surface area contributed by atoms with Crippen LogP contribution in [-0.4, -0.2) is 45.6 Å². The van der Waals surface area contributed by atoms with Gasteiger partial charge in [0.05, 0.1) is 32.7 Å². The smallest absolute Gasteiger partial charge is 0.255 e. The van der Waals surface area contributed by atoms with Crippen LogP contribution in [0.2, 0.25) is 0 Å². The summed E-state index contributed by atoms with van der Waals surface area (Å²) in [5.41, 5.74) is 1.68. The largest absolute Gasteiger partial charge is 0.497 e. The first kappa shape index (κ1) is 25.1. The highest BCUT2D eigenvalue weighted by Gasteiger charge is 2.16. The van der Waals surface area contributed by atoms with Crippen LogP contribution in [0.1, 0.15) is 27.1 Å². The molecule has 9 heteroatoms. The number of benzene rings is 3. The van der Waals surface area contributed by atoms with Crippen LogP contribution < -0.4 is 30.2 Å². The third kappa shape index (κ3) is 6.73. The molecule has 0 saturated heterocycles. The number of methoxy groups -OCH3 is 3. The number of ether oxygens (including phenoxy) is 3. The number of hydrogen-bond donors (Lipinski definition) is 3. The van der Waals surface area contributed by atoms with Crippen molar-refractivity contribution in [3.05, 3.63) is 77.9 Å². The summed E-state index contributed by atoms with van der Waals surface area (Å²) < 4.78 is 15.9. The highest BCUT2D eigenvalue weighted by Crippen LogP contribution is 2.36. The zero-order valence-corrected chi connectivity index (χ0v) is 19.7. The predicted molar refractivity (Wildman–Crippen MR) is 133 cm³/mol. The predicted octanol–water partition coefficient (Wildman–Crippen LogP) is 3.72. The van der Waals surface area contributed by atoms with E-state index in [-0.39, 0.29) is 30.7 Å². The van der Waals surface area contributed by atoms with Gasteiger partial charge in [-0.15, -0.1) is 0 Å². The van der Waals surface area contributed by atoms with Gasteiger partial charge in [0, 0.05) is 36.2 Å². The van der Waals surface area contributed by atoms with Crippen molar-refractivity contribution >= 4 is 29.1 Å². The number of amides is 3. The van der Waals surface area contributed by atoms with Crippen LogP contribution in [0.15, 0.2) is 66.7 Å². The van der Waals surface area contributed by atoms with Gasteiger partial charge in [-0.3, -0.25) is 14.4 Å². The third-order valence-corrected chi connectivity index (χ3v) is 5.05. The maximum Gasteiger partial charge on any atom is 0.255 e. The van der Waals surface area contributed by atoms with Crippen LogP contribution in [-0.2, 0) is 4.79 Å². The quantitative estimate of drug-likeness (QED) is 0.410. The Morgan fingerprint density at radius 3 is 1.94 bits per heavy atom. The highest BCUT2D eigenvalue weighted by molar-refractivity contribution is 6.05. The minimum Gasteiger partial charge on any atom is -0.497 e. The first-order chi connectivity index (χ1) is 16.9. The second kappa shape index (κ2) is 12.1. The van der Waals surface area contributed by atoms with Crippen molar-refractivity contribution < 1.29 is 28.6 Å². The zero-order valence-electron chi connectivity index (χ0n) is 19.7. The van der Waals surface area contributed by atoms with Crippen LogP contribution >= 0.6 is 0 Å². The van der Waals surface area contributed by atoms with Gasteiger partial charge < -0.3 is 30.2 Å². The Morgan fingerprint density at radius 2 is 1.31 bits per heavy atom. The maximum atomic E-state index is 12.5. The first-order valence-electron chi connectivity index (χ1n) is 10.8. The molecule has 3 rings (SSSR count). The fourth-order valence-electron chi connectivity index (χ4n) is 3.25. The van der Waals surface area contributed by atoms with Crippen LogP contribution in [0.3, 0.4) is 0 Å². The molecule has 0 fully saturated rings. The van der Waals surface area contributed by atoms with Crippen LogP contribution in [0.5, 0.6) is 17.2 Å². The van der Waals surface area contributed by atoms with Crippen molar-refractivity contribution in [2.45, 2.75) is 6.42 Å². The molecule has 3 aromatic carbocycles. The summed E-state index contributed by atoms with van der Waals surface area (Å²) in [5, 5.41) is 8.25. The summed E-state index contributed by atoms with van der Waals surface area (Å²) in [6.07, 6.45) is 0.0354. The number of anilines is 2. The van der Waals surface area contributed by atoms with Crippen molar-refractivity contribution in [2.24, 2.45) is 0 Å². The van der Waals surface area contributed by atoms with Crippen LogP contribution in [0, 0.1) is 0 Å². The standard InChI is InChI=1S/C26H27N3O6/c1-33-19-11-7-10-18(14-19)25(31)27-13-12-24(30)28-20-15-23(35-3)21(16-22(20)34-2)29-26(32)17-8-5-4-6-9-17/h4-11,14-16H,12-13H2,1-3H3,(H,27,31)(H,28,30)(H,29,32). The lowest BCUT2D eigenvalue weighted by molar-refractivity contribution is -0.116.